The molecule has 0 aliphatic carbocycles. The van der Waals surface area contributed by atoms with E-state index in [0.29, 0.717) is 6.42 Å². The number of rotatable bonds is 3. The van der Waals surface area contributed by atoms with Crippen LogP contribution in [0.15, 0.2) is 24.3 Å². The van der Waals surface area contributed by atoms with Crippen LogP contribution >= 0.6 is 0 Å². The van der Waals surface area contributed by atoms with Gasteiger partial charge in [0.25, 0.3) is 0 Å². The van der Waals surface area contributed by atoms with E-state index in [9.17, 15) is 0 Å². The second kappa shape index (κ2) is 6.90. The van der Waals surface area contributed by atoms with Crippen molar-refractivity contribution in [3.05, 3.63) is 35.4 Å². The van der Waals surface area contributed by atoms with E-state index >= 15 is 0 Å². The fourth-order valence-corrected chi connectivity index (χ4v) is 2.37. The van der Waals surface area contributed by atoms with E-state index in [-0.39, 0.29) is 12.1 Å². The number of aliphatic hydroxyl groups excluding tert-OH is 1. The predicted octanol–water partition coefficient (Wildman–Crippen LogP) is 2.03. The van der Waals surface area contributed by atoms with Gasteiger partial charge in [-0.1, -0.05) is 24.0 Å². The zero-order chi connectivity index (χ0) is 14.4. The summed E-state index contributed by atoms with van der Waals surface area (Å²) in [6.45, 7) is 8.03. The minimum absolute atomic E-state index is 0.0802. The molecule has 108 valence electrons. The zero-order valence-corrected chi connectivity index (χ0v) is 12.4. The Kier molecular flexibility index (Phi) is 5.19. The standard InChI is InChI=1S/C17H23NO2/c1-17(2)14-20-11-9-18(17)13-16-8-5-7-15(12-16)6-3-4-10-19/h5,7-8,12,19H,4,9-11,13-14H2,1-2H3. The van der Waals surface area contributed by atoms with Crippen LogP contribution in [0.3, 0.4) is 0 Å². The normalized spacial score (nSPS) is 18.4. The molecular formula is C17H23NO2. The van der Waals surface area contributed by atoms with Crippen LogP contribution in [0.4, 0.5) is 0 Å². The summed E-state index contributed by atoms with van der Waals surface area (Å²) in [7, 11) is 0. The molecule has 1 N–H and O–H groups in total. The van der Waals surface area contributed by atoms with Gasteiger partial charge in [-0.15, -0.1) is 0 Å². The van der Waals surface area contributed by atoms with Crippen molar-refractivity contribution >= 4 is 0 Å². The van der Waals surface area contributed by atoms with Gasteiger partial charge in [0.2, 0.25) is 0 Å². The van der Waals surface area contributed by atoms with Crippen LogP contribution < -0.4 is 0 Å². The molecule has 1 saturated heterocycles. The maximum absolute atomic E-state index is 8.75. The Hall–Kier alpha value is -1.34. The average molecular weight is 273 g/mol. The Labute approximate surface area is 121 Å². The van der Waals surface area contributed by atoms with Crippen LogP contribution in [0, 0.1) is 11.8 Å². The monoisotopic (exact) mass is 273 g/mol. The number of nitrogens with zero attached hydrogens (tertiary/aromatic N) is 1. The van der Waals surface area contributed by atoms with E-state index in [1.54, 1.807) is 0 Å². The van der Waals surface area contributed by atoms with E-state index in [0.717, 1.165) is 31.9 Å². The smallest absolute Gasteiger partial charge is 0.0645 e. The molecule has 0 unspecified atom stereocenters. The largest absolute Gasteiger partial charge is 0.395 e. The third kappa shape index (κ3) is 4.08. The third-order valence-corrected chi connectivity index (χ3v) is 3.59. The molecule has 1 aromatic carbocycles. The van der Waals surface area contributed by atoms with Crippen molar-refractivity contribution < 1.29 is 9.84 Å². The number of morpholine rings is 1. The van der Waals surface area contributed by atoms with Crippen LogP contribution in [0.2, 0.25) is 0 Å². The van der Waals surface area contributed by atoms with Gasteiger partial charge in [0.05, 0.1) is 19.8 Å². The fourth-order valence-electron chi connectivity index (χ4n) is 2.37. The molecule has 20 heavy (non-hydrogen) atoms. The van der Waals surface area contributed by atoms with Crippen molar-refractivity contribution in [1.29, 1.82) is 0 Å². The van der Waals surface area contributed by atoms with E-state index in [2.05, 4.69) is 42.7 Å². The summed E-state index contributed by atoms with van der Waals surface area (Å²) in [6, 6.07) is 8.34. The Balaban J connectivity index is 2.06. The highest BCUT2D eigenvalue weighted by atomic mass is 16.5. The lowest BCUT2D eigenvalue weighted by Crippen LogP contribution is -2.52. The number of benzene rings is 1. The molecule has 3 nitrogen and oxygen atoms in total. The van der Waals surface area contributed by atoms with E-state index < -0.39 is 0 Å². The Morgan fingerprint density at radius 3 is 3.00 bits per heavy atom. The molecule has 1 fully saturated rings. The first-order valence-electron chi connectivity index (χ1n) is 7.13. The number of hydrogen-bond acceptors (Lipinski definition) is 3. The van der Waals surface area contributed by atoms with Crippen molar-refractivity contribution in [3.63, 3.8) is 0 Å². The van der Waals surface area contributed by atoms with Crippen molar-refractivity contribution in [1.82, 2.24) is 4.90 Å². The predicted molar refractivity (Wildman–Crippen MR) is 80.3 cm³/mol. The second-order valence-electron chi connectivity index (χ2n) is 5.76. The molecule has 0 amide bonds. The fraction of sp³-hybridized carbons (Fsp3) is 0.529. The molecule has 1 aliphatic heterocycles. The van der Waals surface area contributed by atoms with E-state index in [4.69, 9.17) is 9.84 Å². The first-order valence-corrected chi connectivity index (χ1v) is 7.13. The highest BCUT2D eigenvalue weighted by Crippen LogP contribution is 2.21. The lowest BCUT2D eigenvalue weighted by Gasteiger charge is -2.42. The van der Waals surface area contributed by atoms with Gasteiger partial charge in [0.15, 0.2) is 0 Å². The molecule has 0 bridgehead atoms. The SMILES string of the molecule is CC1(C)COCCN1Cc1cccc(C#CCCO)c1. The lowest BCUT2D eigenvalue weighted by molar-refractivity contribution is -0.0552. The lowest BCUT2D eigenvalue weighted by atomic mass is 10.0. The first-order chi connectivity index (χ1) is 9.62. The summed E-state index contributed by atoms with van der Waals surface area (Å²) in [6.07, 6.45) is 0.528. The van der Waals surface area contributed by atoms with Crippen LogP contribution in [0.25, 0.3) is 0 Å². The topological polar surface area (TPSA) is 32.7 Å². The molecule has 0 atom stereocenters. The van der Waals surface area contributed by atoms with Gasteiger partial charge < -0.3 is 9.84 Å². The molecule has 3 heteroatoms. The summed E-state index contributed by atoms with van der Waals surface area (Å²) in [4.78, 5) is 2.46. The summed E-state index contributed by atoms with van der Waals surface area (Å²) in [5.74, 6) is 6.06. The molecule has 1 heterocycles. The van der Waals surface area contributed by atoms with Gasteiger partial charge in [-0.25, -0.2) is 0 Å². The van der Waals surface area contributed by atoms with Crippen molar-refractivity contribution in [3.8, 4) is 11.8 Å². The molecule has 1 aliphatic rings. The second-order valence-corrected chi connectivity index (χ2v) is 5.76. The minimum Gasteiger partial charge on any atom is -0.395 e. The van der Waals surface area contributed by atoms with Crippen molar-refractivity contribution in [2.75, 3.05) is 26.4 Å². The van der Waals surface area contributed by atoms with Crippen molar-refractivity contribution in [2.24, 2.45) is 0 Å². The molecule has 0 spiro atoms. The quantitative estimate of drug-likeness (QED) is 0.855. The zero-order valence-electron chi connectivity index (χ0n) is 12.4. The molecule has 0 aromatic heterocycles. The van der Waals surface area contributed by atoms with Crippen LogP contribution in [0.1, 0.15) is 31.4 Å². The maximum atomic E-state index is 8.75. The molecule has 0 radical (unpaired) electrons. The van der Waals surface area contributed by atoms with E-state index in [1.165, 1.54) is 5.56 Å². The Bertz CT molecular complexity index is 499. The van der Waals surface area contributed by atoms with Gasteiger partial charge in [-0.05, 0) is 31.5 Å². The number of aliphatic hydroxyl groups is 1. The van der Waals surface area contributed by atoms with Crippen LogP contribution in [-0.4, -0.2) is 41.9 Å². The van der Waals surface area contributed by atoms with Gasteiger partial charge in [0.1, 0.15) is 0 Å². The van der Waals surface area contributed by atoms with Gasteiger partial charge in [-0.2, -0.15) is 0 Å². The summed E-state index contributed by atoms with van der Waals surface area (Å²) in [5.41, 5.74) is 2.37. The maximum Gasteiger partial charge on any atom is 0.0645 e. The molecule has 0 saturated carbocycles. The Morgan fingerprint density at radius 1 is 1.40 bits per heavy atom. The third-order valence-electron chi connectivity index (χ3n) is 3.59. The first kappa shape index (κ1) is 15.1. The molecule has 2 rings (SSSR count). The van der Waals surface area contributed by atoms with E-state index in [1.807, 2.05) is 12.1 Å². The van der Waals surface area contributed by atoms with Gasteiger partial charge in [0, 0.05) is 30.6 Å². The number of ether oxygens (including phenoxy) is 1. The number of hydrogen-bond donors (Lipinski definition) is 1. The highest BCUT2D eigenvalue weighted by molar-refractivity contribution is 5.37. The van der Waals surface area contributed by atoms with Crippen LogP contribution in [0.5, 0.6) is 0 Å². The molecular weight excluding hydrogens is 250 g/mol. The Morgan fingerprint density at radius 2 is 2.25 bits per heavy atom. The van der Waals surface area contributed by atoms with Gasteiger partial charge in [-0.3, -0.25) is 4.90 Å². The van der Waals surface area contributed by atoms with Crippen molar-refractivity contribution in [2.45, 2.75) is 32.4 Å². The van der Waals surface area contributed by atoms with Crippen LogP contribution in [-0.2, 0) is 11.3 Å². The highest BCUT2D eigenvalue weighted by Gasteiger charge is 2.30. The average Bonchev–Trinajstić information content (AvgIpc) is 2.42. The molecule has 1 aromatic rings. The minimum atomic E-state index is 0.0802. The summed E-state index contributed by atoms with van der Waals surface area (Å²) < 4.78 is 5.55. The summed E-state index contributed by atoms with van der Waals surface area (Å²) >= 11 is 0. The summed E-state index contributed by atoms with van der Waals surface area (Å²) in [5, 5.41) is 8.75. The van der Waals surface area contributed by atoms with Gasteiger partial charge >= 0.3 is 0 Å².